The van der Waals surface area contributed by atoms with E-state index >= 15 is 0 Å². The molecular formula is C15H24O2. The quantitative estimate of drug-likeness (QED) is 0.751. The van der Waals surface area contributed by atoms with E-state index in [4.69, 9.17) is 4.74 Å². The van der Waals surface area contributed by atoms with Gasteiger partial charge in [0.2, 0.25) is 0 Å². The molecule has 2 heteroatoms. The van der Waals surface area contributed by atoms with Crippen LogP contribution in [0.1, 0.15) is 46.0 Å². The van der Waals surface area contributed by atoms with Crippen molar-refractivity contribution in [1.29, 1.82) is 0 Å². The van der Waals surface area contributed by atoms with Crippen molar-refractivity contribution < 1.29 is 9.53 Å². The van der Waals surface area contributed by atoms with Gasteiger partial charge in [-0.15, -0.1) is 0 Å². The van der Waals surface area contributed by atoms with Gasteiger partial charge in [0.15, 0.2) is 5.78 Å². The maximum absolute atomic E-state index is 11.4. The van der Waals surface area contributed by atoms with Gasteiger partial charge in [-0.3, -0.25) is 4.79 Å². The highest BCUT2D eigenvalue weighted by Gasteiger charge is 2.36. The number of fused-ring (bicyclic) bond motifs is 1. The molecule has 2 atom stereocenters. The van der Waals surface area contributed by atoms with E-state index in [2.05, 4.69) is 13.8 Å². The number of carbonyl (C=O) groups excluding carboxylic acids is 1. The fraction of sp³-hybridized carbons (Fsp3) is 0.800. The van der Waals surface area contributed by atoms with E-state index in [9.17, 15) is 4.79 Å². The number of hydrogen-bond acceptors (Lipinski definition) is 2. The van der Waals surface area contributed by atoms with Crippen molar-refractivity contribution in [3.63, 3.8) is 0 Å². The number of carbonyl (C=O) groups is 1. The smallest absolute Gasteiger partial charge is 0.155 e. The standard InChI is InChI=1S/C15H24O2/c1-15(2,10-17-3)13-6-4-12-9-14(16)7-5-11(12)8-13/h9,11,13H,4-8,10H2,1-3H3. The molecular weight excluding hydrogens is 212 g/mol. The van der Waals surface area contributed by atoms with Crippen molar-refractivity contribution in [2.24, 2.45) is 17.3 Å². The Morgan fingerprint density at radius 1 is 1.35 bits per heavy atom. The summed E-state index contributed by atoms with van der Waals surface area (Å²) in [7, 11) is 1.79. The van der Waals surface area contributed by atoms with Crippen molar-refractivity contribution >= 4 is 5.78 Å². The molecule has 0 aromatic rings. The van der Waals surface area contributed by atoms with Gasteiger partial charge in [0.1, 0.15) is 0 Å². The summed E-state index contributed by atoms with van der Waals surface area (Å²) in [5.41, 5.74) is 1.69. The molecule has 96 valence electrons. The van der Waals surface area contributed by atoms with E-state index in [0.717, 1.165) is 31.8 Å². The normalized spacial score (nSPS) is 29.8. The SMILES string of the molecule is COCC(C)(C)C1CCC2=CC(=O)CCC2C1. The molecule has 0 aromatic heterocycles. The second kappa shape index (κ2) is 4.93. The number of methoxy groups -OCH3 is 1. The summed E-state index contributed by atoms with van der Waals surface area (Å²) in [6.45, 7) is 5.45. The predicted octanol–water partition coefficient (Wildman–Crippen LogP) is 3.36. The van der Waals surface area contributed by atoms with E-state index in [1.807, 2.05) is 6.08 Å². The maximum Gasteiger partial charge on any atom is 0.155 e. The molecule has 0 aliphatic heterocycles. The van der Waals surface area contributed by atoms with Crippen molar-refractivity contribution in [3.05, 3.63) is 11.6 Å². The van der Waals surface area contributed by atoms with Crippen LogP contribution in [0.5, 0.6) is 0 Å². The first-order chi connectivity index (χ1) is 8.03. The largest absolute Gasteiger partial charge is 0.384 e. The van der Waals surface area contributed by atoms with Crippen LogP contribution < -0.4 is 0 Å². The molecule has 17 heavy (non-hydrogen) atoms. The third-order valence-electron chi connectivity index (χ3n) is 4.58. The van der Waals surface area contributed by atoms with Crippen LogP contribution >= 0.6 is 0 Å². The molecule has 0 amide bonds. The minimum atomic E-state index is 0.266. The monoisotopic (exact) mass is 236 g/mol. The number of rotatable bonds is 3. The van der Waals surface area contributed by atoms with Gasteiger partial charge < -0.3 is 4.74 Å². The molecule has 0 saturated heterocycles. The van der Waals surface area contributed by atoms with Gasteiger partial charge in [-0.2, -0.15) is 0 Å². The predicted molar refractivity (Wildman–Crippen MR) is 68.8 cm³/mol. The van der Waals surface area contributed by atoms with Crippen LogP contribution in [-0.4, -0.2) is 19.5 Å². The lowest BCUT2D eigenvalue weighted by Gasteiger charge is -2.41. The Morgan fingerprint density at radius 3 is 2.82 bits per heavy atom. The van der Waals surface area contributed by atoms with E-state index in [0.29, 0.717) is 11.7 Å². The highest BCUT2D eigenvalue weighted by Crippen LogP contribution is 2.45. The van der Waals surface area contributed by atoms with Crippen LogP contribution in [0, 0.1) is 17.3 Å². The Morgan fingerprint density at radius 2 is 2.12 bits per heavy atom. The van der Waals surface area contributed by atoms with E-state index < -0.39 is 0 Å². The highest BCUT2D eigenvalue weighted by atomic mass is 16.5. The zero-order valence-electron chi connectivity index (χ0n) is 11.3. The van der Waals surface area contributed by atoms with Gasteiger partial charge in [-0.1, -0.05) is 19.4 Å². The lowest BCUT2D eigenvalue weighted by Crippen LogP contribution is -2.34. The van der Waals surface area contributed by atoms with Crippen LogP contribution in [0.2, 0.25) is 0 Å². The fourth-order valence-electron chi connectivity index (χ4n) is 3.45. The number of hydrogen-bond donors (Lipinski definition) is 0. The summed E-state index contributed by atoms with van der Waals surface area (Å²) in [4.78, 5) is 11.4. The molecule has 2 aliphatic rings. The molecule has 2 aliphatic carbocycles. The van der Waals surface area contributed by atoms with Gasteiger partial charge in [0, 0.05) is 13.5 Å². The summed E-state index contributed by atoms with van der Waals surface area (Å²) in [6, 6.07) is 0. The van der Waals surface area contributed by atoms with E-state index in [-0.39, 0.29) is 5.41 Å². The first-order valence-electron chi connectivity index (χ1n) is 6.75. The second-order valence-electron chi connectivity index (χ2n) is 6.31. The molecule has 0 heterocycles. The zero-order valence-corrected chi connectivity index (χ0v) is 11.3. The summed E-state index contributed by atoms with van der Waals surface area (Å²) >= 11 is 0. The van der Waals surface area contributed by atoms with Crippen LogP contribution in [0.3, 0.4) is 0 Å². The zero-order chi connectivity index (χ0) is 12.5. The summed E-state index contributed by atoms with van der Waals surface area (Å²) in [5.74, 6) is 1.74. The molecule has 1 saturated carbocycles. The molecule has 0 N–H and O–H groups in total. The van der Waals surface area contributed by atoms with Crippen molar-refractivity contribution in [2.75, 3.05) is 13.7 Å². The third-order valence-corrected chi connectivity index (χ3v) is 4.58. The fourth-order valence-corrected chi connectivity index (χ4v) is 3.45. The molecule has 0 radical (unpaired) electrons. The van der Waals surface area contributed by atoms with E-state index in [1.54, 1.807) is 7.11 Å². The first-order valence-corrected chi connectivity index (χ1v) is 6.75. The minimum absolute atomic E-state index is 0.266. The Bertz CT molecular complexity index is 328. The van der Waals surface area contributed by atoms with Gasteiger partial charge in [0.25, 0.3) is 0 Å². The molecule has 2 nitrogen and oxygen atoms in total. The van der Waals surface area contributed by atoms with Crippen LogP contribution in [0.15, 0.2) is 11.6 Å². The Hall–Kier alpha value is -0.630. The third kappa shape index (κ3) is 2.79. The lowest BCUT2D eigenvalue weighted by atomic mass is 9.65. The molecule has 2 unspecified atom stereocenters. The Labute approximate surface area is 104 Å². The first kappa shape index (κ1) is 12.8. The van der Waals surface area contributed by atoms with Crippen LogP contribution in [0.4, 0.5) is 0 Å². The van der Waals surface area contributed by atoms with Gasteiger partial charge in [0.05, 0.1) is 6.61 Å². The highest BCUT2D eigenvalue weighted by molar-refractivity contribution is 5.91. The number of ketones is 1. The lowest BCUT2D eigenvalue weighted by molar-refractivity contribution is -0.115. The minimum Gasteiger partial charge on any atom is -0.384 e. The molecule has 2 rings (SSSR count). The van der Waals surface area contributed by atoms with Crippen molar-refractivity contribution in [1.82, 2.24) is 0 Å². The Balaban J connectivity index is 2.04. The average Bonchev–Trinajstić information content (AvgIpc) is 2.28. The van der Waals surface area contributed by atoms with Gasteiger partial charge in [-0.05, 0) is 49.0 Å². The number of ether oxygens (including phenoxy) is 1. The van der Waals surface area contributed by atoms with Crippen molar-refractivity contribution in [2.45, 2.75) is 46.0 Å². The van der Waals surface area contributed by atoms with Crippen LogP contribution in [0.25, 0.3) is 0 Å². The summed E-state index contributed by atoms with van der Waals surface area (Å²) in [6.07, 6.45) is 7.33. The van der Waals surface area contributed by atoms with Crippen molar-refractivity contribution in [3.8, 4) is 0 Å². The number of allylic oxidation sites excluding steroid dienone is 2. The van der Waals surface area contributed by atoms with Crippen LogP contribution in [-0.2, 0) is 9.53 Å². The van der Waals surface area contributed by atoms with Gasteiger partial charge in [-0.25, -0.2) is 0 Å². The Kier molecular flexibility index (Phi) is 3.72. The molecule has 1 fully saturated rings. The second-order valence-corrected chi connectivity index (χ2v) is 6.31. The topological polar surface area (TPSA) is 26.3 Å². The maximum atomic E-state index is 11.4. The molecule has 0 aromatic carbocycles. The summed E-state index contributed by atoms with van der Waals surface area (Å²) in [5, 5.41) is 0. The summed E-state index contributed by atoms with van der Waals surface area (Å²) < 4.78 is 5.34. The molecule has 0 bridgehead atoms. The van der Waals surface area contributed by atoms with E-state index in [1.165, 1.54) is 18.4 Å². The molecule has 0 spiro atoms. The average molecular weight is 236 g/mol. The van der Waals surface area contributed by atoms with Gasteiger partial charge >= 0.3 is 0 Å².